The SMILES string of the molecule is CC1(C)CN(C(=O)c2ccc(-n3cc(-c4n[nH]c5ccccc45)nn3)cc2)CCO1. The van der Waals surface area contributed by atoms with E-state index >= 15 is 0 Å². The maximum atomic E-state index is 12.8. The van der Waals surface area contributed by atoms with Crippen LogP contribution in [0.3, 0.4) is 0 Å². The van der Waals surface area contributed by atoms with Gasteiger partial charge in [0.1, 0.15) is 11.4 Å². The third-order valence-corrected chi connectivity index (χ3v) is 5.30. The molecule has 1 amide bonds. The molecule has 0 bridgehead atoms. The van der Waals surface area contributed by atoms with Crippen LogP contribution in [-0.4, -0.2) is 61.3 Å². The van der Waals surface area contributed by atoms with E-state index < -0.39 is 0 Å². The number of para-hydroxylation sites is 1. The molecule has 1 N–H and O–H groups in total. The van der Waals surface area contributed by atoms with Gasteiger partial charge in [-0.25, -0.2) is 4.68 Å². The van der Waals surface area contributed by atoms with Gasteiger partial charge in [-0.1, -0.05) is 23.4 Å². The fourth-order valence-corrected chi connectivity index (χ4v) is 3.79. The van der Waals surface area contributed by atoms with Crippen molar-refractivity contribution >= 4 is 16.8 Å². The van der Waals surface area contributed by atoms with Crippen LogP contribution in [0.5, 0.6) is 0 Å². The number of morpholine rings is 1. The summed E-state index contributed by atoms with van der Waals surface area (Å²) in [6.07, 6.45) is 1.84. The van der Waals surface area contributed by atoms with Gasteiger partial charge in [0.15, 0.2) is 0 Å². The molecule has 1 saturated heterocycles. The first-order valence-electron chi connectivity index (χ1n) is 9.90. The number of hydrogen-bond donors (Lipinski definition) is 1. The summed E-state index contributed by atoms with van der Waals surface area (Å²) in [5.41, 5.74) is 3.56. The molecule has 0 spiro atoms. The van der Waals surface area contributed by atoms with E-state index in [9.17, 15) is 4.79 Å². The van der Waals surface area contributed by atoms with Gasteiger partial charge in [0.2, 0.25) is 0 Å². The van der Waals surface area contributed by atoms with E-state index in [-0.39, 0.29) is 11.5 Å². The summed E-state index contributed by atoms with van der Waals surface area (Å²) in [5.74, 6) is 0.0141. The van der Waals surface area contributed by atoms with Crippen LogP contribution in [0.2, 0.25) is 0 Å². The highest BCUT2D eigenvalue weighted by Gasteiger charge is 2.30. The van der Waals surface area contributed by atoms with Gasteiger partial charge in [-0.3, -0.25) is 9.89 Å². The largest absolute Gasteiger partial charge is 0.372 e. The van der Waals surface area contributed by atoms with Crippen LogP contribution in [-0.2, 0) is 4.74 Å². The zero-order valence-corrected chi connectivity index (χ0v) is 16.9. The standard InChI is InChI=1S/C22H22N6O2/c1-22(2)14-27(11-12-30-22)21(29)15-7-9-16(10-8-15)28-13-19(24-26-28)20-17-5-3-4-6-18(17)23-25-20/h3-10,13H,11-12,14H2,1-2H3,(H,23,25). The molecule has 0 unspecified atom stereocenters. The summed E-state index contributed by atoms with van der Waals surface area (Å²) >= 11 is 0. The maximum Gasteiger partial charge on any atom is 0.254 e. The number of carbonyl (C=O) groups excluding carboxylic acids is 1. The minimum Gasteiger partial charge on any atom is -0.372 e. The van der Waals surface area contributed by atoms with E-state index in [2.05, 4.69) is 20.5 Å². The summed E-state index contributed by atoms with van der Waals surface area (Å²) in [6.45, 7) is 5.74. The van der Waals surface area contributed by atoms with Crippen molar-refractivity contribution in [2.24, 2.45) is 0 Å². The molecule has 8 nitrogen and oxygen atoms in total. The number of hydrogen-bond acceptors (Lipinski definition) is 5. The molecule has 2 aromatic carbocycles. The molecule has 1 aliphatic rings. The van der Waals surface area contributed by atoms with Crippen LogP contribution < -0.4 is 0 Å². The second-order valence-electron chi connectivity index (χ2n) is 8.05. The minimum absolute atomic E-state index is 0.0141. The highest BCUT2D eigenvalue weighted by atomic mass is 16.5. The van der Waals surface area contributed by atoms with E-state index in [0.29, 0.717) is 31.0 Å². The Balaban J connectivity index is 1.37. The van der Waals surface area contributed by atoms with Crippen LogP contribution in [0.25, 0.3) is 28.0 Å². The average Bonchev–Trinajstić information content (AvgIpc) is 3.40. The fourth-order valence-electron chi connectivity index (χ4n) is 3.79. The quantitative estimate of drug-likeness (QED) is 0.569. The lowest BCUT2D eigenvalue weighted by Crippen LogP contribution is -2.50. The molecule has 4 aromatic rings. The van der Waals surface area contributed by atoms with Gasteiger partial charge >= 0.3 is 0 Å². The van der Waals surface area contributed by atoms with Gasteiger partial charge in [0.05, 0.1) is 29.6 Å². The van der Waals surface area contributed by atoms with Gasteiger partial charge in [-0.15, -0.1) is 5.10 Å². The molecule has 5 rings (SSSR count). The molecule has 0 aliphatic carbocycles. The number of fused-ring (bicyclic) bond motifs is 1. The molecule has 30 heavy (non-hydrogen) atoms. The van der Waals surface area contributed by atoms with Gasteiger partial charge in [-0.2, -0.15) is 5.10 Å². The Labute approximate surface area is 173 Å². The molecule has 3 heterocycles. The lowest BCUT2D eigenvalue weighted by molar-refractivity contribution is -0.0764. The maximum absolute atomic E-state index is 12.8. The fraction of sp³-hybridized carbons (Fsp3) is 0.273. The number of H-pyrrole nitrogens is 1. The number of aromatic nitrogens is 5. The highest BCUT2D eigenvalue weighted by Crippen LogP contribution is 2.25. The summed E-state index contributed by atoms with van der Waals surface area (Å²) in [6, 6.07) is 15.3. The zero-order chi connectivity index (χ0) is 20.7. The molecule has 1 aliphatic heterocycles. The van der Waals surface area contributed by atoms with Gasteiger partial charge in [0.25, 0.3) is 5.91 Å². The zero-order valence-electron chi connectivity index (χ0n) is 16.9. The average molecular weight is 402 g/mol. The van der Waals surface area contributed by atoms with Gasteiger partial charge < -0.3 is 9.64 Å². The van der Waals surface area contributed by atoms with Gasteiger partial charge in [0, 0.05) is 24.0 Å². The third-order valence-electron chi connectivity index (χ3n) is 5.30. The summed E-state index contributed by atoms with van der Waals surface area (Å²) in [4.78, 5) is 14.7. The smallest absolute Gasteiger partial charge is 0.254 e. The number of carbonyl (C=O) groups is 1. The van der Waals surface area contributed by atoms with E-state index in [4.69, 9.17) is 4.74 Å². The van der Waals surface area contributed by atoms with Crippen molar-refractivity contribution < 1.29 is 9.53 Å². The molecule has 1 fully saturated rings. The Hall–Kier alpha value is -3.52. The van der Waals surface area contributed by atoms with Crippen molar-refractivity contribution in [2.75, 3.05) is 19.7 Å². The number of nitrogens with zero attached hydrogens (tertiary/aromatic N) is 5. The normalized spacial score (nSPS) is 16.1. The monoisotopic (exact) mass is 402 g/mol. The molecule has 0 saturated carbocycles. The topological polar surface area (TPSA) is 88.9 Å². The predicted molar refractivity (Wildman–Crippen MR) is 112 cm³/mol. The second-order valence-corrected chi connectivity index (χ2v) is 8.05. The van der Waals surface area contributed by atoms with Crippen molar-refractivity contribution in [3.05, 3.63) is 60.3 Å². The van der Waals surface area contributed by atoms with E-state index in [0.717, 1.165) is 22.3 Å². The number of benzene rings is 2. The number of rotatable bonds is 3. The van der Waals surface area contributed by atoms with Crippen molar-refractivity contribution in [3.63, 3.8) is 0 Å². The molecular weight excluding hydrogens is 380 g/mol. The van der Waals surface area contributed by atoms with E-state index in [1.54, 1.807) is 4.68 Å². The molecule has 0 atom stereocenters. The number of nitrogens with one attached hydrogen (secondary N) is 1. The second kappa shape index (κ2) is 7.07. The van der Waals surface area contributed by atoms with Crippen LogP contribution in [0, 0.1) is 0 Å². The number of ether oxygens (including phenoxy) is 1. The van der Waals surface area contributed by atoms with Crippen LogP contribution in [0.4, 0.5) is 0 Å². The van der Waals surface area contributed by atoms with Gasteiger partial charge in [-0.05, 0) is 44.2 Å². The number of amides is 1. The lowest BCUT2D eigenvalue weighted by Gasteiger charge is -2.38. The third kappa shape index (κ3) is 3.35. The lowest BCUT2D eigenvalue weighted by atomic mass is 10.1. The first kappa shape index (κ1) is 18.5. The molecule has 0 radical (unpaired) electrons. The Bertz CT molecular complexity index is 1210. The molecule has 2 aromatic heterocycles. The number of aromatic amines is 1. The molecular formula is C22H22N6O2. The minimum atomic E-state index is -0.318. The van der Waals surface area contributed by atoms with Crippen molar-refractivity contribution in [1.29, 1.82) is 0 Å². The summed E-state index contributed by atoms with van der Waals surface area (Å²) in [5, 5.41) is 16.9. The van der Waals surface area contributed by atoms with Crippen molar-refractivity contribution in [1.82, 2.24) is 30.1 Å². The summed E-state index contributed by atoms with van der Waals surface area (Å²) in [7, 11) is 0. The van der Waals surface area contributed by atoms with E-state index in [1.807, 2.05) is 73.5 Å². The Morgan fingerprint density at radius 3 is 2.73 bits per heavy atom. The molecule has 8 heteroatoms. The van der Waals surface area contributed by atoms with E-state index in [1.165, 1.54) is 0 Å². The van der Waals surface area contributed by atoms with Crippen molar-refractivity contribution in [2.45, 2.75) is 19.4 Å². The first-order valence-corrected chi connectivity index (χ1v) is 9.90. The van der Waals surface area contributed by atoms with Crippen LogP contribution >= 0.6 is 0 Å². The first-order chi connectivity index (χ1) is 14.5. The predicted octanol–water partition coefficient (Wildman–Crippen LogP) is 3.06. The Kier molecular flexibility index (Phi) is 4.36. The highest BCUT2D eigenvalue weighted by molar-refractivity contribution is 5.94. The van der Waals surface area contributed by atoms with Crippen molar-refractivity contribution in [3.8, 4) is 17.1 Å². The summed E-state index contributed by atoms with van der Waals surface area (Å²) < 4.78 is 7.38. The van der Waals surface area contributed by atoms with Crippen LogP contribution in [0.15, 0.2) is 54.7 Å². The molecule has 152 valence electrons. The van der Waals surface area contributed by atoms with Crippen LogP contribution in [0.1, 0.15) is 24.2 Å². The Morgan fingerprint density at radius 2 is 1.93 bits per heavy atom. The Morgan fingerprint density at radius 1 is 1.13 bits per heavy atom.